The molecule has 2 aromatic carbocycles. The molecule has 136 valence electrons. The zero-order valence-corrected chi connectivity index (χ0v) is 14.9. The number of rotatable bonds is 5. The Morgan fingerprint density at radius 2 is 1.88 bits per heavy atom. The third-order valence-corrected chi connectivity index (χ3v) is 4.33. The standard InChI is InChI=1S/C20H22N2O4/c1-14-3-5-15(6-4-14)11-22-18(12-26-13-19(22)23)20(24)21-16-7-9-17(25-2)10-8-16/h3-10,18H,11-13H2,1-2H3,(H,21,24)/t18-/m0/s1. The van der Waals surface area contributed by atoms with Gasteiger partial charge in [-0.25, -0.2) is 0 Å². The van der Waals surface area contributed by atoms with Gasteiger partial charge in [-0.05, 0) is 36.8 Å². The number of anilines is 1. The largest absolute Gasteiger partial charge is 0.497 e. The summed E-state index contributed by atoms with van der Waals surface area (Å²) in [6, 6.07) is 14.3. The number of nitrogens with zero attached hydrogens (tertiary/aromatic N) is 1. The summed E-state index contributed by atoms with van der Waals surface area (Å²) < 4.78 is 10.4. The summed E-state index contributed by atoms with van der Waals surface area (Å²) in [5.41, 5.74) is 2.77. The maximum atomic E-state index is 12.7. The lowest BCUT2D eigenvalue weighted by molar-refractivity contribution is -0.154. The predicted molar refractivity (Wildman–Crippen MR) is 98.0 cm³/mol. The van der Waals surface area contributed by atoms with Crippen molar-refractivity contribution in [1.82, 2.24) is 4.90 Å². The van der Waals surface area contributed by atoms with Crippen LogP contribution in [0.25, 0.3) is 0 Å². The van der Waals surface area contributed by atoms with Gasteiger partial charge in [-0.15, -0.1) is 0 Å². The third kappa shape index (κ3) is 4.21. The first kappa shape index (κ1) is 17.9. The van der Waals surface area contributed by atoms with Crippen molar-refractivity contribution in [3.05, 3.63) is 59.7 Å². The van der Waals surface area contributed by atoms with Crippen molar-refractivity contribution in [1.29, 1.82) is 0 Å². The highest BCUT2D eigenvalue weighted by atomic mass is 16.5. The molecule has 0 unspecified atom stereocenters. The van der Waals surface area contributed by atoms with Gasteiger partial charge >= 0.3 is 0 Å². The molecule has 1 aliphatic heterocycles. The van der Waals surface area contributed by atoms with Crippen LogP contribution in [0.3, 0.4) is 0 Å². The van der Waals surface area contributed by atoms with E-state index in [4.69, 9.17) is 9.47 Å². The molecule has 2 amide bonds. The van der Waals surface area contributed by atoms with Crippen LogP contribution in [0.1, 0.15) is 11.1 Å². The fraction of sp³-hybridized carbons (Fsp3) is 0.300. The Labute approximate surface area is 152 Å². The number of morpholine rings is 1. The van der Waals surface area contributed by atoms with E-state index >= 15 is 0 Å². The van der Waals surface area contributed by atoms with Gasteiger partial charge in [-0.1, -0.05) is 29.8 Å². The van der Waals surface area contributed by atoms with E-state index in [1.54, 1.807) is 36.3 Å². The molecule has 1 aliphatic rings. The lowest BCUT2D eigenvalue weighted by Gasteiger charge is -2.34. The van der Waals surface area contributed by atoms with Crippen LogP contribution >= 0.6 is 0 Å². The molecule has 6 heteroatoms. The average Bonchev–Trinajstić information content (AvgIpc) is 2.65. The zero-order chi connectivity index (χ0) is 18.5. The molecule has 0 bridgehead atoms. The summed E-state index contributed by atoms with van der Waals surface area (Å²) in [5.74, 6) is 0.252. The van der Waals surface area contributed by atoms with E-state index in [2.05, 4.69) is 5.32 Å². The van der Waals surface area contributed by atoms with Crippen LogP contribution in [0, 0.1) is 6.92 Å². The molecule has 0 spiro atoms. The summed E-state index contributed by atoms with van der Waals surface area (Å²) in [6.07, 6.45) is 0. The van der Waals surface area contributed by atoms with Crippen LogP contribution in [-0.2, 0) is 20.9 Å². The molecule has 6 nitrogen and oxygen atoms in total. The van der Waals surface area contributed by atoms with E-state index in [0.29, 0.717) is 18.0 Å². The number of carbonyl (C=O) groups excluding carboxylic acids is 2. The number of aryl methyl sites for hydroxylation is 1. The number of benzene rings is 2. The van der Waals surface area contributed by atoms with Crippen LogP contribution in [0.4, 0.5) is 5.69 Å². The highest BCUT2D eigenvalue weighted by molar-refractivity contribution is 5.98. The van der Waals surface area contributed by atoms with E-state index in [1.807, 2.05) is 31.2 Å². The topological polar surface area (TPSA) is 67.9 Å². The molecule has 1 heterocycles. The molecule has 1 atom stereocenters. The quantitative estimate of drug-likeness (QED) is 0.895. The summed E-state index contributed by atoms with van der Waals surface area (Å²) in [7, 11) is 1.58. The summed E-state index contributed by atoms with van der Waals surface area (Å²) >= 11 is 0. The number of carbonyl (C=O) groups is 2. The van der Waals surface area contributed by atoms with Gasteiger partial charge in [0.2, 0.25) is 11.8 Å². The molecule has 1 fully saturated rings. The van der Waals surface area contributed by atoms with E-state index < -0.39 is 6.04 Å². The van der Waals surface area contributed by atoms with Gasteiger partial charge in [0, 0.05) is 12.2 Å². The number of amides is 2. The molecule has 0 saturated carbocycles. The molecule has 0 aliphatic carbocycles. The van der Waals surface area contributed by atoms with Crippen LogP contribution in [0.15, 0.2) is 48.5 Å². The van der Waals surface area contributed by atoms with Gasteiger partial charge in [0.15, 0.2) is 0 Å². The molecule has 1 N–H and O–H groups in total. The van der Waals surface area contributed by atoms with Crippen LogP contribution in [0.2, 0.25) is 0 Å². The minimum Gasteiger partial charge on any atom is -0.497 e. The minimum absolute atomic E-state index is 0.00181. The number of nitrogens with one attached hydrogen (secondary N) is 1. The maximum Gasteiger partial charge on any atom is 0.249 e. The second kappa shape index (κ2) is 8.01. The second-order valence-corrected chi connectivity index (χ2v) is 6.26. The fourth-order valence-electron chi connectivity index (χ4n) is 2.81. The van der Waals surface area contributed by atoms with E-state index in [-0.39, 0.29) is 25.0 Å². The van der Waals surface area contributed by atoms with Crippen molar-refractivity contribution in [2.75, 3.05) is 25.6 Å². The SMILES string of the molecule is COc1ccc(NC(=O)[C@@H]2COCC(=O)N2Cc2ccc(C)cc2)cc1. The summed E-state index contributed by atoms with van der Waals surface area (Å²) in [6.45, 7) is 2.57. The Balaban J connectivity index is 1.72. The summed E-state index contributed by atoms with van der Waals surface area (Å²) in [5, 5.41) is 2.84. The second-order valence-electron chi connectivity index (χ2n) is 6.26. The van der Waals surface area contributed by atoms with Crippen molar-refractivity contribution >= 4 is 17.5 Å². The number of ether oxygens (including phenoxy) is 2. The normalized spacial score (nSPS) is 17.1. The first-order valence-corrected chi connectivity index (χ1v) is 8.44. The van der Waals surface area contributed by atoms with Gasteiger partial charge in [-0.2, -0.15) is 0 Å². The Morgan fingerprint density at radius 3 is 2.54 bits per heavy atom. The molecule has 26 heavy (non-hydrogen) atoms. The highest BCUT2D eigenvalue weighted by Gasteiger charge is 2.34. The van der Waals surface area contributed by atoms with Crippen LogP contribution < -0.4 is 10.1 Å². The van der Waals surface area contributed by atoms with Crippen molar-refractivity contribution in [2.24, 2.45) is 0 Å². The average molecular weight is 354 g/mol. The molecular formula is C20H22N2O4. The molecule has 0 radical (unpaired) electrons. The van der Waals surface area contributed by atoms with E-state index in [1.165, 1.54) is 0 Å². The Morgan fingerprint density at radius 1 is 1.19 bits per heavy atom. The molecule has 3 rings (SSSR count). The van der Waals surface area contributed by atoms with Gasteiger partial charge < -0.3 is 19.7 Å². The molecule has 0 aromatic heterocycles. The minimum atomic E-state index is -0.667. The number of methoxy groups -OCH3 is 1. The first-order valence-electron chi connectivity index (χ1n) is 8.44. The van der Waals surface area contributed by atoms with Gasteiger partial charge in [0.05, 0.1) is 13.7 Å². The van der Waals surface area contributed by atoms with Crippen molar-refractivity contribution in [3.63, 3.8) is 0 Å². The van der Waals surface area contributed by atoms with Gasteiger partial charge in [-0.3, -0.25) is 9.59 Å². The Bertz CT molecular complexity index is 771. The molecular weight excluding hydrogens is 332 g/mol. The Hall–Kier alpha value is -2.86. The lowest BCUT2D eigenvalue weighted by Crippen LogP contribution is -2.54. The van der Waals surface area contributed by atoms with E-state index in [0.717, 1.165) is 11.1 Å². The van der Waals surface area contributed by atoms with Crippen LogP contribution in [0.5, 0.6) is 5.75 Å². The van der Waals surface area contributed by atoms with Crippen LogP contribution in [-0.4, -0.2) is 43.1 Å². The smallest absolute Gasteiger partial charge is 0.249 e. The van der Waals surface area contributed by atoms with Crippen molar-refractivity contribution in [3.8, 4) is 5.75 Å². The predicted octanol–water partition coefficient (Wildman–Crippen LogP) is 2.37. The summed E-state index contributed by atoms with van der Waals surface area (Å²) in [4.78, 5) is 26.6. The molecule has 2 aromatic rings. The molecule has 1 saturated heterocycles. The van der Waals surface area contributed by atoms with Gasteiger partial charge in [0.1, 0.15) is 18.4 Å². The van der Waals surface area contributed by atoms with E-state index in [9.17, 15) is 9.59 Å². The maximum absolute atomic E-state index is 12.7. The third-order valence-electron chi connectivity index (χ3n) is 4.33. The Kier molecular flexibility index (Phi) is 5.53. The fourth-order valence-corrected chi connectivity index (χ4v) is 2.81. The van der Waals surface area contributed by atoms with Gasteiger partial charge in [0.25, 0.3) is 0 Å². The van der Waals surface area contributed by atoms with Crippen molar-refractivity contribution in [2.45, 2.75) is 19.5 Å². The number of hydrogen-bond donors (Lipinski definition) is 1. The lowest BCUT2D eigenvalue weighted by atomic mass is 10.1. The monoisotopic (exact) mass is 354 g/mol. The van der Waals surface area contributed by atoms with Crippen molar-refractivity contribution < 1.29 is 19.1 Å². The number of hydrogen-bond acceptors (Lipinski definition) is 4. The highest BCUT2D eigenvalue weighted by Crippen LogP contribution is 2.18. The zero-order valence-electron chi connectivity index (χ0n) is 14.9. The first-order chi connectivity index (χ1) is 12.6.